The van der Waals surface area contributed by atoms with E-state index >= 15 is 0 Å². The van der Waals surface area contributed by atoms with Gasteiger partial charge in [0.1, 0.15) is 0 Å². The van der Waals surface area contributed by atoms with E-state index in [9.17, 15) is 4.79 Å². The van der Waals surface area contributed by atoms with E-state index in [4.69, 9.17) is 0 Å². The zero-order valence-corrected chi connectivity index (χ0v) is 8.53. The number of alkyl halides is 1. The van der Waals surface area contributed by atoms with Crippen LogP contribution in [0.1, 0.15) is 26.2 Å². The van der Waals surface area contributed by atoms with Crippen molar-refractivity contribution in [1.29, 1.82) is 0 Å². The second-order valence-corrected chi connectivity index (χ2v) is 3.80. The van der Waals surface area contributed by atoms with Gasteiger partial charge in [0, 0.05) is 0 Å². The molecule has 0 aliphatic carbocycles. The third-order valence-electron chi connectivity index (χ3n) is 1.06. The summed E-state index contributed by atoms with van der Waals surface area (Å²) >= 11 is 6.13. The first kappa shape index (κ1) is 9.63. The van der Waals surface area contributed by atoms with Gasteiger partial charge >= 0.3 is 0 Å². The Hall–Kier alpha value is 0.630. The molecule has 0 saturated carbocycles. The molecule has 0 N–H and O–H groups in total. The molecule has 0 amide bonds. The Balaban J connectivity index is 3.27. The fourth-order valence-corrected chi connectivity index (χ4v) is 1.05. The average molecular weight is 258 g/mol. The van der Waals surface area contributed by atoms with Crippen molar-refractivity contribution >= 4 is 36.6 Å². The maximum Gasteiger partial charge on any atom is 0.211 e. The summed E-state index contributed by atoms with van der Waals surface area (Å²) in [5, 5.41) is 0. The van der Waals surface area contributed by atoms with Crippen molar-refractivity contribution in [3.05, 3.63) is 0 Å². The molecule has 1 nitrogen and oxygen atoms in total. The minimum Gasteiger partial charge on any atom is -0.285 e. The van der Waals surface area contributed by atoms with Crippen molar-refractivity contribution in [3.8, 4) is 0 Å². The predicted octanol–water partition coefficient (Wildman–Crippen LogP) is 2.86. The summed E-state index contributed by atoms with van der Waals surface area (Å²) in [6, 6.07) is 0. The van der Waals surface area contributed by atoms with Crippen LogP contribution in [0.15, 0.2) is 0 Å². The smallest absolute Gasteiger partial charge is 0.211 e. The summed E-state index contributed by atoms with van der Waals surface area (Å²) in [5.74, 6) is 0. The lowest BCUT2D eigenvalue weighted by Gasteiger charge is -2.00. The van der Waals surface area contributed by atoms with E-state index in [2.05, 4.69) is 38.8 Å². The topological polar surface area (TPSA) is 17.1 Å². The first-order valence-electron chi connectivity index (χ1n) is 3.02. The quantitative estimate of drug-likeness (QED) is 0.559. The Morgan fingerprint density at radius 1 is 1.67 bits per heavy atom. The van der Waals surface area contributed by atoms with E-state index in [1.807, 2.05) is 0 Å². The Morgan fingerprint density at radius 3 is 2.56 bits per heavy atom. The van der Waals surface area contributed by atoms with Gasteiger partial charge in [0.05, 0.1) is 4.83 Å². The van der Waals surface area contributed by atoms with Gasteiger partial charge in [-0.3, -0.25) is 4.79 Å². The largest absolute Gasteiger partial charge is 0.285 e. The molecule has 0 aromatic rings. The molecule has 3 heteroatoms. The van der Waals surface area contributed by atoms with Gasteiger partial charge in [-0.05, 0) is 22.4 Å². The standard InChI is InChI=1S/C6H10Br2O/c1-2-3-4-5(7)6(8)9/h5H,2-4H2,1H3/t5-/m0/s1. The Bertz CT molecular complexity index is 93.1. The molecule has 1 atom stereocenters. The molecule has 0 aliphatic heterocycles. The fourth-order valence-electron chi connectivity index (χ4n) is 0.497. The van der Waals surface area contributed by atoms with Crippen molar-refractivity contribution in [2.75, 3.05) is 0 Å². The summed E-state index contributed by atoms with van der Waals surface area (Å²) in [5.41, 5.74) is 0. The molecule has 0 saturated heterocycles. The van der Waals surface area contributed by atoms with Crippen LogP contribution in [0.3, 0.4) is 0 Å². The lowest BCUT2D eigenvalue weighted by atomic mass is 10.2. The fraction of sp³-hybridized carbons (Fsp3) is 0.833. The van der Waals surface area contributed by atoms with Gasteiger partial charge in [0.15, 0.2) is 0 Å². The van der Waals surface area contributed by atoms with Gasteiger partial charge < -0.3 is 0 Å². The summed E-state index contributed by atoms with van der Waals surface area (Å²) in [4.78, 5) is 10.5. The van der Waals surface area contributed by atoms with Crippen molar-refractivity contribution in [2.45, 2.75) is 31.0 Å². The second kappa shape index (κ2) is 5.42. The molecule has 54 valence electrons. The first-order chi connectivity index (χ1) is 4.18. The summed E-state index contributed by atoms with van der Waals surface area (Å²) < 4.78 is 0.0518. The zero-order valence-electron chi connectivity index (χ0n) is 5.36. The van der Waals surface area contributed by atoms with Gasteiger partial charge in [0.25, 0.3) is 0 Å². The highest BCUT2D eigenvalue weighted by atomic mass is 79.9. The van der Waals surface area contributed by atoms with Crippen LogP contribution in [0, 0.1) is 0 Å². The Kier molecular flexibility index (Phi) is 5.80. The van der Waals surface area contributed by atoms with Crippen LogP contribution < -0.4 is 0 Å². The molecular weight excluding hydrogens is 248 g/mol. The van der Waals surface area contributed by atoms with Crippen LogP contribution in [-0.2, 0) is 4.79 Å². The lowest BCUT2D eigenvalue weighted by Crippen LogP contribution is -2.05. The monoisotopic (exact) mass is 256 g/mol. The molecule has 0 unspecified atom stereocenters. The van der Waals surface area contributed by atoms with Gasteiger partial charge in [-0.25, -0.2) is 0 Å². The molecule has 0 radical (unpaired) electrons. The maximum absolute atomic E-state index is 10.5. The molecule has 9 heavy (non-hydrogen) atoms. The van der Waals surface area contributed by atoms with E-state index in [-0.39, 0.29) is 9.52 Å². The van der Waals surface area contributed by atoms with Crippen molar-refractivity contribution in [3.63, 3.8) is 0 Å². The molecule has 0 aliphatic rings. The SMILES string of the molecule is CCCC[C@H](Br)C(=O)Br. The van der Waals surface area contributed by atoms with Gasteiger partial charge in [-0.15, -0.1) is 0 Å². The van der Waals surface area contributed by atoms with Crippen LogP contribution in [0.4, 0.5) is 0 Å². The minimum absolute atomic E-state index is 0.0115. The van der Waals surface area contributed by atoms with Gasteiger partial charge in [0.2, 0.25) is 4.69 Å². The molecule has 0 heterocycles. The second-order valence-electron chi connectivity index (χ2n) is 1.91. The normalized spacial score (nSPS) is 13.2. The summed E-state index contributed by atoms with van der Waals surface area (Å²) in [6.07, 6.45) is 3.18. The predicted molar refractivity (Wildman–Crippen MR) is 46.2 cm³/mol. The van der Waals surface area contributed by atoms with Crippen LogP contribution in [0.25, 0.3) is 0 Å². The highest BCUT2D eigenvalue weighted by molar-refractivity contribution is 9.20. The van der Waals surface area contributed by atoms with E-state index in [0.717, 1.165) is 19.3 Å². The van der Waals surface area contributed by atoms with Gasteiger partial charge in [-0.1, -0.05) is 35.7 Å². The van der Waals surface area contributed by atoms with Crippen LogP contribution in [0.2, 0.25) is 0 Å². The molecule has 0 fully saturated rings. The molecule has 0 rings (SSSR count). The molecule has 0 bridgehead atoms. The summed E-state index contributed by atoms with van der Waals surface area (Å²) in [7, 11) is 0. The van der Waals surface area contributed by atoms with E-state index in [1.54, 1.807) is 0 Å². The number of halogens is 2. The average Bonchev–Trinajstić information content (AvgIpc) is 1.82. The van der Waals surface area contributed by atoms with E-state index in [0.29, 0.717) is 0 Å². The minimum atomic E-state index is 0.0115. The number of hydrogen-bond acceptors (Lipinski definition) is 1. The molecule has 0 spiro atoms. The molecule has 0 aromatic heterocycles. The van der Waals surface area contributed by atoms with E-state index < -0.39 is 0 Å². The third-order valence-corrected chi connectivity index (χ3v) is 3.10. The lowest BCUT2D eigenvalue weighted by molar-refractivity contribution is -0.109. The maximum atomic E-state index is 10.5. The van der Waals surface area contributed by atoms with Crippen LogP contribution in [-0.4, -0.2) is 9.52 Å². The number of hydrogen-bond donors (Lipinski definition) is 0. The highest BCUT2D eigenvalue weighted by Gasteiger charge is 2.08. The number of unbranched alkanes of at least 4 members (excludes halogenated alkanes) is 1. The third kappa shape index (κ3) is 5.09. The van der Waals surface area contributed by atoms with Crippen molar-refractivity contribution < 1.29 is 4.79 Å². The number of rotatable bonds is 4. The van der Waals surface area contributed by atoms with Crippen molar-refractivity contribution in [2.24, 2.45) is 0 Å². The number of carbonyl (C=O) groups is 1. The summed E-state index contributed by atoms with van der Waals surface area (Å²) in [6.45, 7) is 2.11. The van der Waals surface area contributed by atoms with Crippen LogP contribution >= 0.6 is 31.9 Å². The van der Waals surface area contributed by atoms with E-state index in [1.165, 1.54) is 0 Å². The number of carbonyl (C=O) groups excluding carboxylic acids is 1. The zero-order chi connectivity index (χ0) is 7.28. The van der Waals surface area contributed by atoms with Crippen LogP contribution in [0.5, 0.6) is 0 Å². The van der Waals surface area contributed by atoms with Crippen molar-refractivity contribution in [1.82, 2.24) is 0 Å². The molecular formula is C6H10Br2O. The first-order valence-corrected chi connectivity index (χ1v) is 4.72. The Labute approximate surface area is 72.5 Å². The molecule has 0 aromatic carbocycles. The Morgan fingerprint density at radius 2 is 2.22 bits per heavy atom. The van der Waals surface area contributed by atoms with Gasteiger partial charge in [-0.2, -0.15) is 0 Å². The highest BCUT2D eigenvalue weighted by Crippen LogP contribution is 2.13.